The van der Waals surface area contributed by atoms with Crippen LogP contribution in [0.1, 0.15) is 11.8 Å². The first-order chi connectivity index (χ1) is 5.74. The lowest BCUT2D eigenvalue weighted by atomic mass is 10.2. The maximum Gasteiger partial charge on any atom is 0.294 e. The maximum absolute atomic E-state index is 9.90. The molecule has 4 nitrogen and oxygen atoms in total. The van der Waals surface area contributed by atoms with E-state index < -0.39 is 6.23 Å². The van der Waals surface area contributed by atoms with Crippen molar-refractivity contribution >= 4 is 6.47 Å². The molecule has 0 aliphatic rings. The fraction of sp³-hybridized carbons (Fsp3) is 0.125. The Kier molecular flexibility index (Phi) is 2.66. The molecule has 1 unspecified atom stereocenters. The molecule has 0 saturated heterocycles. The molecule has 12 heavy (non-hydrogen) atoms. The average Bonchev–Trinajstić information content (AvgIpc) is 2.06. The summed E-state index contributed by atoms with van der Waals surface area (Å²) < 4.78 is 4.48. The van der Waals surface area contributed by atoms with Gasteiger partial charge in [-0.3, -0.25) is 10.5 Å². The number of carbonyl (C=O) groups excluding carboxylic acids is 1. The molecule has 0 heterocycles. The van der Waals surface area contributed by atoms with Crippen LogP contribution in [0, 0.1) is 0 Å². The van der Waals surface area contributed by atoms with Crippen molar-refractivity contribution < 1.29 is 14.6 Å². The van der Waals surface area contributed by atoms with Crippen molar-refractivity contribution in [1.82, 2.24) is 0 Å². The lowest BCUT2D eigenvalue weighted by Gasteiger charge is -2.08. The van der Waals surface area contributed by atoms with Gasteiger partial charge in [0.25, 0.3) is 6.47 Å². The number of rotatable bonds is 3. The van der Waals surface area contributed by atoms with Gasteiger partial charge in [-0.05, 0) is 12.1 Å². The normalized spacial score (nSPS) is 12.1. The van der Waals surface area contributed by atoms with Gasteiger partial charge in [-0.2, -0.15) is 0 Å². The minimum Gasteiger partial charge on any atom is -0.508 e. The van der Waals surface area contributed by atoms with Crippen LogP contribution in [-0.2, 0) is 9.53 Å². The zero-order chi connectivity index (χ0) is 8.97. The molecule has 0 bridgehead atoms. The number of aromatic hydroxyl groups is 1. The monoisotopic (exact) mass is 167 g/mol. The van der Waals surface area contributed by atoms with Crippen molar-refractivity contribution in [3.05, 3.63) is 29.8 Å². The third-order valence-corrected chi connectivity index (χ3v) is 1.42. The van der Waals surface area contributed by atoms with Crippen LogP contribution in [0.3, 0.4) is 0 Å². The molecule has 0 amide bonds. The van der Waals surface area contributed by atoms with Crippen LogP contribution in [0.2, 0.25) is 0 Å². The highest BCUT2D eigenvalue weighted by Gasteiger charge is 2.04. The molecule has 1 aromatic carbocycles. The van der Waals surface area contributed by atoms with Crippen LogP contribution >= 0.6 is 0 Å². The number of nitrogens with two attached hydrogens (primary N) is 1. The first kappa shape index (κ1) is 8.55. The summed E-state index contributed by atoms with van der Waals surface area (Å²) in [5.74, 6) is 0.150. The van der Waals surface area contributed by atoms with E-state index in [1.165, 1.54) is 12.1 Å². The molecule has 0 aliphatic heterocycles. The highest BCUT2D eigenvalue weighted by molar-refractivity contribution is 5.38. The van der Waals surface area contributed by atoms with Crippen molar-refractivity contribution in [2.45, 2.75) is 6.23 Å². The van der Waals surface area contributed by atoms with E-state index in [0.717, 1.165) is 0 Å². The van der Waals surface area contributed by atoms with Gasteiger partial charge >= 0.3 is 0 Å². The van der Waals surface area contributed by atoms with Gasteiger partial charge in [-0.25, -0.2) is 0 Å². The molecule has 1 aromatic rings. The van der Waals surface area contributed by atoms with Crippen LogP contribution < -0.4 is 5.73 Å². The second kappa shape index (κ2) is 3.73. The van der Waals surface area contributed by atoms with Crippen molar-refractivity contribution in [3.63, 3.8) is 0 Å². The summed E-state index contributed by atoms with van der Waals surface area (Å²) in [7, 11) is 0. The Hall–Kier alpha value is -1.55. The summed E-state index contributed by atoms with van der Waals surface area (Å²) in [5, 5.41) is 8.92. The summed E-state index contributed by atoms with van der Waals surface area (Å²) in [6.07, 6.45) is -0.761. The SMILES string of the molecule is NC(OC=O)c1ccc(O)cc1. The van der Waals surface area contributed by atoms with E-state index in [-0.39, 0.29) is 12.2 Å². The summed E-state index contributed by atoms with van der Waals surface area (Å²) >= 11 is 0. The molecule has 0 spiro atoms. The Morgan fingerprint density at radius 2 is 2.00 bits per heavy atom. The van der Waals surface area contributed by atoms with Crippen LogP contribution in [0.5, 0.6) is 5.75 Å². The fourth-order valence-electron chi connectivity index (χ4n) is 0.802. The van der Waals surface area contributed by atoms with E-state index in [4.69, 9.17) is 10.8 Å². The van der Waals surface area contributed by atoms with Gasteiger partial charge in [0, 0.05) is 5.56 Å². The van der Waals surface area contributed by atoms with Gasteiger partial charge < -0.3 is 9.84 Å². The second-order valence-electron chi connectivity index (χ2n) is 2.24. The van der Waals surface area contributed by atoms with Gasteiger partial charge in [-0.1, -0.05) is 12.1 Å². The lowest BCUT2D eigenvalue weighted by Crippen LogP contribution is -2.13. The number of hydrogen-bond acceptors (Lipinski definition) is 4. The third kappa shape index (κ3) is 1.96. The molecule has 0 aromatic heterocycles. The molecule has 1 atom stereocenters. The molecule has 4 heteroatoms. The number of carbonyl (C=O) groups is 1. The predicted octanol–water partition coefficient (Wildman–Crippen LogP) is 0.522. The molecule has 3 N–H and O–H groups in total. The molecule has 64 valence electrons. The summed E-state index contributed by atoms with van der Waals surface area (Å²) in [6.45, 7) is 0.289. The average molecular weight is 167 g/mol. The third-order valence-electron chi connectivity index (χ3n) is 1.42. The topological polar surface area (TPSA) is 72.5 Å². The molecule has 0 fully saturated rings. The fourth-order valence-corrected chi connectivity index (χ4v) is 0.802. The number of hydrogen-bond donors (Lipinski definition) is 2. The standard InChI is InChI=1S/C8H9NO3/c9-8(12-5-10)6-1-3-7(11)4-2-6/h1-5,8,11H,9H2. The van der Waals surface area contributed by atoms with E-state index in [2.05, 4.69) is 4.74 Å². The Labute approximate surface area is 69.6 Å². The highest BCUT2D eigenvalue weighted by atomic mass is 16.5. The molecular formula is C8H9NO3. The van der Waals surface area contributed by atoms with Crippen LogP contribution in [0.4, 0.5) is 0 Å². The smallest absolute Gasteiger partial charge is 0.294 e. The quantitative estimate of drug-likeness (QED) is 0.508. The van der Waals surface area contributed by atoms with E-state index in [9.17, 15) is 4.79 Å². The van der Waals surface area contributed by atoms with Crippen molar-refractivity contribution in [1.29, 1.82) is 0 Å². The summed E-state index contributed by atoms with van der Waals surface area (Å²) in [5.41, 5.74) is 6.06. The first-order valence-corrected chi connectivity index (χ1v) is 3.37. The Bertz CT molecular complexity index is 258. The van der Waals surface area contributed by atoms with Crippen LogP contribution in [0.15, 0.2) is 24.3 Å². The zero-order valence-electron chi connectivity index (χ0n) is 6.31. The van der Waals surface area contributed by atoms with Crippen molar-refractivity contribution in [3.8, 4) is 5.75 Å². The van der Waals surface area contributed by atoms with E-state index in [1.54, 1.807) is 12.1 Å². The molecule has 0 aliphatic carbocycles. The number of benzene rings is 1. The van der Waals surface area contributed by atoms with E-state index >= 15 is 0 Å². The largest absolute Gasteiger partial charge is 0.508 e. The first-order valence-electron chi connectivity index (χ1n) is 3.37. The maximum atomic E-state index is 9.90. The predicted molar refractivity (Wildman–Crippen MR) is 42.2 cm³/mol. The zero-order valence-corrected chi connectivity index (χ0v) is 6.31. The number of phenolic OH excluding ortho intramolecular Hbond substituents is 1. The summed E-state index contributed by atoms with van der Waals surface area (Å²) in [6, 6.07) is 6.12. The van der Waals surface area contributed by atoms with Crippen LogP contribution in [-0.4, -0.2) is 11.6 Å². The summed E-state index contributed by atoms with van der Waals surface area (Å²) in [4.78, 5) is 9.90. The van der Waals surface area contributed by atoms with Gasteiger partial charge in [-0.15, -0.1) is 0 Å². The van der Waals surface area contributed by atoms with Gasteiger partial charge in [0.1, 0.15) is 5.75 Å². The number of ether oxygens (including phenoxy) is 1. The van der Waals surface area contributed by atoms with Gasteiger partial charge in [0.2, 0.25) is 0 Å². The van der Waals surface area contributed by atoms with Crippen LogP contribution in [0.25, 0.3) is 0 Å². The molecule has 0 saturated carbocycles. The lowest BCUT2D eigenvalue weighted by molar-refractivity contribution is -0.133. The van der Waals surface area contributed by atoms with Gasteiger partial charge in [0.15, 0.2) is 6.23 Å². The van der Waals surface area contributed by atoms with Gasteiger partial charge in [0.05, 0.1) is 0 Å². The molecular weight excluding hydrogens is 158 g/mol. The molecule has 1 rings (SSSR count). The number of phenols is 1. The minimum absolute atomic E-state index is 0.150. The van der Waals surface area contributed by atoms with Crippen molar-refractivity contribution in [2.75, 3.05) is 0 Å². The Balaban J connectivity index is 2.74. The Morgan fingerprint density at radius 3 is 2.50 bits per heavy atom. The highest BCUT2D eigenvalue weighted by Crippen LogP contribution is 2.14. The molecule has 0 radical (unpaired) electrons. The minimum atomic E-state index is -0.761. The second-order valence-corrected chi connectivity index (χ2v) is 2.24. The van der Waals surface area contributed by atoms with E-state index in [0.29, 0.717) is 5.56 Å². The Morgan fingerprint density at radius 1 is 1.42 bits per heavy atom. The van der Waals surface area contributed by atoms with E-state index in [1.807, 2.05) is 0 Å². The van der Waals surface area contributed by atoms with Crippen molar-refractivity contribution in [2.24, 2.45) is 5.73 Å².